The Morgan fingerprint density at radius 3 is 2.64 bits per heavy atom. The number of halogens is 2. The average Bonchev–Trinajstić information content (AvgIpc) is 2.96. The Kier molecular flexibility index (Phi) is 3.97. The molecular formula is C15H10BrFN4O. The van der Waals surface area contributed by atoms with Gasteiger partial charge in [0.05, 0.1) is 5.56 Å². The monoisotopic (exact) mass is 360 g/mol. The van der Waals surface area contributed by atoms with E-state index in [-0.39, 0.29) is 11.5 Å². The minimum atomic E-state index is -0.601. The zero-order valence-electron chi connectivity index (χ0n) is 11.2. The van der Waals surface area contributed by atoms with Crippen LogP contribution in [0.4, 0.5) is 10.3 Å². The van der Waals surface area contributed by atoms with E-state index >= 15 is 0 Å². The molecule has 1 aromatic heterocycles. The molecule has 0 spiro atoms. The molecule has 2 aromatic carbocycles. The summed E-state index contributed by atoms with van der Waals surface area (Å²) in [6.45, 7) is 0. The molecule has 22 heavy (non-hydrogen) atoms. The van der Waals surface area contributed by atoms with Gasteiger partial charge in [-0.15, -0.1) is 5.10 Å². The number of anilines is 1. The molecule has 110 valence electrons. The molecule has 0 saturated heterocycles. The fourth-order valence-electron chi connectivity index (χ4n) is 1.91. The van der Waals surface area contributed by atoms with E-state index in [1.165, 1.54) is 18.2 Å². The van der Waals surface area contributed by atoms with Gasteiger partial charge in [-0.05, 0) is 18.2 Å². The normalized spacial score (nSPS) is 10.5. The van der Waals surface area contributed by atoms with Crippen molar-refractivity contribution in [3.8, 4) is 11.4 Å². The van der Waals surface area contributed by atoms with Crippen LogP contribution in [0.1, 0.15) is 10.4 Å². The first-order valence-corrected chi connectivity index (χ1v) is 7.17. The van der Waals surface area contributed by atoms with Crippen molar-refractivity contribution in [3.63, 3.8) is 0 Å². The zero-order chi connectivity index (χ0) is 15.5. The molecule has 5 nitrogen and oxygen atoms in total. The van der Waals surface area contributed by atoms with Crippen LogP contribution in [-0.4, -0.2) is 21.1 Å². The molecule has 2 N–H and O–H groups in total. The third-order valence-electron chi connectivity index (χ3n) is 2.96. The van der Waals surface area contributed by atoms with Crippen LogP contribution in [-0.2, 0) is 0 Å². The Hall–Kier alpha value is -2.54. The zero-order valence-corrected chi connectivity index (χ0v) is 12.8. The number of carbonyl (C=O) groups excluding carboxylic acids is 1. The molecule has 0 fully saturated rings. The molecule has 0 radical (unpaired) electrons. The number of rotatable bonds is 3. The van der Waals surface area contributed by atoms with Gasteiger partial charge in [0.25, 0.3) is 5.91 Å². The first-order chi connectivity index (χ1) is 10.6. The smallest absolute Gasteiger partial charge is 0.261 e. The number of aromatic nitrogens is 3. The third kappa shape index (κ3) is 2.89. The number of nitrogens with one attached hydrogen (secondary N) is 2. The summed E-state index contributed by atoms with van der Waals surface area (Å²) in [4.78, 5) is 16.2. The predicted octanol–water partition coefficient (Wildman–Crippen LogP) is 3.63. The maximum absolute atomic E-state index is 13.6. The Balaban J connectivity index is 1.82. The molecule has 3 rings (SSSR count). The first kappa shape index (κ1) is 14.4. The minimum absolute atomic E-state index is 0.0604. The van der Waals surface area contributed by atoms with E-state index in [2.05, 4.69) is 36.4 Å². The summed E-state index contributed by atoms with van der Waals surface area (Å²) >= 11 is 3.41. The summed E-state index contributed by atoms with van der Waals surface area (Å²) in [5, 5.41) is 9.11. The largest absolute Gasteiger partial charge is 0.289 e. The fourth-order valence-corrected chi connectivity index (χ4v) is 2.38. The number of amides is 1. The highest BCUT2D eigenvalue weighted by Crippen LogP contribution is 2.25. The van der Waals surface area contributed by atoms with Gasteiger partial charge in [-0.3, -0.25) is 15.2 Å². The Morgan fingerprint density at radius 2 is 1.86 bits per heavy atom. The van der Waals surface area contributed by atoms with E-state index in [9.17, 15) is 9.18 Å². The number of aromatic amines is 1. The number of benzene rings is 2. The molecule has 1 amide bonds. The van der Waals surface area contributed by atoms with E-state index in [1.54, 1.807) is 6.07 Å². The van der Waals surface area contributed by atoms with Gasteiger partial charge >= 0.3 is 0 Å². The Labute approximate surface area is 133 Å². The van der Waals surface area contributed by atoms with Gasteiger partial charge in [0.1, 0.15) is 5.82 Å². The average molecular weight is 361 g/mol. The van der Waals surface area contributed by atoms with Crippen LogP contribution in [0.25, 0.3) is 11.4 Å². The van der Waals surface area contributed by atoms with E-state index in [0.29, 0.717) is 5.82 Å². The minimum Gasteiger partial charge on any atom is -0.289 e. The number of hydrogen-bond donors (Lipinski definition) is 2. The van der Waals surface area contributed by atoms with Crippen LogP contribution in [0.3, 0.4) is 0 Å². The van der Waals surface area contributed by atoms with Gasteiger partial charge in [-0.25, -0.2) is 4.39 Å². The molecule has 0 saturated carbocycles. The van der Waals surface area contributed by atoms with Crippen LogP contribution < -0.4 is 5.32 Å². The predicted molar refractivity (Wildman–Crippen MR) is 83.9 cm³/mol. The summed E-state index contributed by atoms with van der Waals surface area (Å²) < 4.78 is 14.4. The summed E-state index contributed by atoms with van der Waals surface area (Å²) in [5.74, 6) is -0.618. The highest BCUT2D eigenvalue weighted by Gasteiger charge is 2.14. The summed E-state index contributed by atoms with van der Waals surface area (Å²) in [5.41, 5.74) is 0.746. The Morgan fingerprint density at radius 1 is 1.14 bits per heavy atom. The van der Waals surface area contributed by atoms with E-state index in [0.717, 1.165) is 10.0 Å². The van der Waals surface area contributed by atoms with Crippen LogP contribution in [0, 0.1) is 5.82 Å². The second-order valence-corrected chi connectivity index (χ2v) is 5.28. The summed E-state index contributed by atoms with van der Waals surface area (Å²) in [7, 11) is 0. The van der Waals surface area contributed by atoms with Crippen molar-refractivity contribution in [2.75, 3.05) is 5.32 Å². The molecule has 7 heteroatoms. The van der Waals surface area contributed by atoms with Crippen molar-refractivity contribution in [3.05, 3.63) is 64.4 Å². The van der Waals surface area contributed by atoms with Crippen molar-refractivity contribution in [2.45, 2.75) is 0 Å². The summed E-state index contributed by atoms with van der Waals surface area (Å²) in [6, 6.07) is 13.2. The van der Waals surface area contributed by atoms with Crippen molar-refractivity contribution >= 4 is 27.8 Å². The van der Waals surface area contributed by atoms with Crippen molar-refractivity contribution in [1.82, 2.24) is 15.2 Å². The standard InChI is InChI=1S/C15H10BrFN4O/c16-11-7-3-1-5-9(11)13-18-15(21-20-13)19-14(22)10-6-2-4-8-12(10)17/h1-8H,(H2,18,19,20,21,22). The maximum Gasteiger partial charge on any atom is 0.261 e. The van der Waals surface area contributed by atoms with E-state index in [1.807, 2.05) is 24.3 Å². The third-order valence-corrected chi connectivity index (χ3v) is 3.65. The molecule has 0 atom stereocenters. The molecular weight excluding hydrogens is 351 g/mol. The molecule has 1 heterocycles. The lowest BCUT2D eigenvalue weighted by Gasteiger charge is -2.01. The summed E-state index contributed by atoms with van der Waals surface area (Å²) in [6.07, 6.45) is 0. The number of nitrogens with zero attached hydrogens (tertiary/aromatic N) is 2. The van der Waals surface area contributed by atoms with Crippen LogP contribution in [0.5, 0.6) is 0 Å². The van der Waals surface area contributed by atoms with Gasteiger partial charge in [-0.1, -0.05) is 46.3 Å². The highest BCUT2D eigenvalue weighted by atomic mass is 79.9. The van der Waals surface area contributed by atoms with Crippen molar-refractivity contribution in [2.24, 2.45) is 0 Å². The van der Waals surface area contributed by atoms with E-state index < -0.39 is 11.7 Å². The highest BCUT2D eigenvalue weighted by molar-refractivity contribution is 9.10. The molecule has 0 bridgehead atoms. The number of H-pyrrole nitrogens is 1. The molecule has 0 unspecified atom stereocenters. The van der Waals surface area contributed by atoms with Crippen LogP contribution >= 0.6 is 15.9 Å². The SMILES string of the molecule is O=C(Nc1n[nH]c(-c2ccccc2Br)n1)c1ccccc1F. The van der Waals surface area contributed by atoms with Gasteiger partial charge in [0.15, 0.2) is 5.82 Å². The second-order valence-electron chi connectivity index (χ2n) is 4.42. The van der Waals surface area contributed by atoms with Crippen LogP contribution in [0.15, 0.2) is 53.0 Å². The fraction of sp³-hybridized carbons (Fsp3) is 0. The Bertz CT molecular complexity index is 834. The van der Waals surface area contributed by atoms with Crippen molar-refractivity contribution in [1.29, 1.82) is 0 Å². The molecule has 0 aliphatic heterocycles. The number of hydrogen-bond acceptors (Lipinski definition) is 3. The number of carbonyl (C=O) groups is 1. The molecule has 0 aliphatic rings. The second kappa shape index (κ2) is 6.07. The quantitative estimate of drug-likeness (QED) is 0.749. The lowest BCUT2D eigenvalue weighted by atomic mass is 10.2. The molecule has 3 aromatic rings. The van der Waals surface area contributed by atoms with E-state index in [4.69, 9.17) is 0 Å². The topological polar surface area (TPSA) is 70.7 Å². The van der Waals surface area contributed by atoms with Crippen LogP contribution in [0.2, 0.25) is 0 Å². The maximum atomic E-state index is 13.6. The van der Waals surface area contributed by atoms with Gasteiger partial charge < -0.3 is 0 Å². The van der Waals surface area contributed by atoms with Gasteiger partial charge in [-0.2, -0.15) is 4.98 Å². The lowest BCUT2D eigenvalue weighted by Crippen LogP contribution is -2.14. The lowest BCUT2D eigenvalue weighted by molar-refractivity contribution is 0.102. The van der Waals surface area contributed by atoms with Gasteiger partial charge in [0.2, 0.25) is 5.95 Å². The van der Waals surface area contributed by atoms with Crippen molar-refractivity contribution < 1.29 is 9.18 Å². The van der Waals surface area contributed by atoms with Gasteiger partial charge in [0, 0.05) is 10.0 Å². The molecule has 0 aliphatic carbocycles. The first-order valence-electron chi connectivity index (χ1n) is 6.38.